The van der Waals surface area contributed by atoms with Crippen LogP contribution in [-0.2, 0) is 13.0 Å². The summed E-state index contributed by atoms with van der Waals surface area (Å²) in [5.74, 6) is 0. The van der Waals surface area contributed by atoms with Crippen molar-refractivity contribution in [3.63, 3.8) is 0 Å². The van der Waals surface area contributed by atoms with Gasteiger partial charge in [0.2, 0.25) is 0 Å². The van der Waals surface area contributed by atoms with Crippen molar-refractivity contribution in [3.05, 3.63) is 84.8 Å². The van der Waals surface area contributed by atoms with Crippen LogP contribution in [0.1, 0.15) is 31.2 Å². The van der Waals surface area contributed by atoms with Gasteiger partial charge in [-0.15, -0.1) is 5.10 Å². The van der Waals surface area contributed by atoms with E-state index < -0.39 is 6.09 Å². The number of nitrogens with one attached hydrogen (secondary N) is 1. The van der Waals surface area contributed by atoms with Crippen LogP contribution in [0.5, 0.6) is 0 Å². The van der Waals surface area contributed by atoms with Crippen LogP contribution in [0.25, 0.3) is 22.4 Å². The summed E-state index contributed by atoms with van der Waals surface area (Å²) in [6.07, 6.45) is 9.40. The molecule has 0 unspecified atom stereocenters. The summed E-state index contributed by atoms with van der Waals surface area (Å²) in [5.41, 5.74) is 5.41. The molecule has 7 heteroatoms. The third-order valence-corrected chi connectivity index (χ3v) is 5.55. The molecule has 2 heterocycles. The van der Waals surface area contributed by atoms with Crippen molar-refractivity contribution in [1.29, 1.82) is 0 Å². The second-order valence-electron chi connectivity index (χ2n) is 7.91. The zero-order valence-electron chi connectivity index (χ0n) is 18.4. The lowest BCUT2D eigenvalue weighted by molar-refractivity contribution is 0.209. The molecule has 0 bridgehead atoms. The smallest absolute Gasteiger partial charge is 0.409 e. The highest BCUT2D eigenvalue weighted by Crippen LogP contribution is 2.32. The molecule has 0 fully saturated rings. The number of carbonyl (C=O) groups is 1. The van der Waals surface area contributed by atoms with E-state index in [2.05, 4.69) is 20.6 Å². The topological polar surface area (TPSA) is 92.9 Å². The van der Waals surface area contributed by atoms with Gasteiger partial charge in [0.05, 0.1) is 11.9 Å². The van der Waals surface area contributed by atoms with Crippen LogP contribution in [-0.4, -0.2) is 31.2 Å². The monoisotopic (exact) mass is 441 g/mol. The van der Waals surface area contributed by atoms with Crippen molar-refractivity contribution in [2.24, 2.45) is 0 Å². The Balaban J connectivity index is 1.29. The van der Waals surface area contributed by atoms with Crippen LogP contribution in [0.4, 0.5) is 10.5 Å². The first kappa shape index (κ1) is 22.2. The first-order valence-electron chi connectivity index (χ1n) is 11.2. The van der Waals surface area contributed by atoms with Gasteiger partial charge in [0.15, 0.2) is 0 Å². The van der Waals surface area contributed by atoms with Gasteiger partial charge in [0.1, 0.15) is 5.69 Å². The predicted octanol–water partition coefficient (Wildman–Crippen LogP) is 5.90. The standard InChI is InChI=1S/C26H27N5O2/c32-26(33)28-25-21(13-8-15-23(25)20-10-5-3-6-11-20)12-4-1-2-7-17-31-19-24(29-30-31)22-14-9-16-27-18-22/h3,5-6,8-11,13-16,18-19,28H,1-2,4,7,12,17H2,(H,32,33). The number of hydrogen-bond donors (Lipinski definition) is 2. The molecule has 0 aliphatic heterocycles. The molecule has 0 aliphatic rings. The zero-order chi connectivity index (χ0) is 22.9. The van der Waals surface area contributed by atoms with Gasteiger partial charge in [-0.2, -0.15) is 0 Å². The van der Waals surface area contributed by atoms with Gasteiger partial charge >= 0.3 is 6.09 Å². The quantitative estimate of drug-likeness (QED) is 0.299. The lowest BCUT2D eigenvalue weighted by Gasteiger charge is -2.15. The van der Waals surface area contributed by atoms with Crippen LogP contribution in [0.15, 0.2) is 79.3 Å². The van der Waals surface area contributed by atoms with Crippen molar-refractivity contribution in [3.8, 4) is 22.4 Å². The van der Waals surface area contributed by atoms with Crippen LogP contribution >= 0.6 is 0 Å². The number of carboxylic acid groups (broad SMARTS) is 1. The summed E-state index contributed by atoms with van der Waals surface area (Å²) in [6.45, 7) is 0.822. The summed E-state index contributed by atoms with van der Waals surface area (Å²) < 4.78 is 1.88. The molecule has 2 aromatic heterocycles. The van der Waals surface area contributed by atoms with Crippen molar-refractivity contribution in [1.82, 2.24) is 20.0 Å². The van der Waals surface area contributed by atoms with E-state index >= 15 is 0 Å². The summed E-state index contributed by atoms with van der Waals surface area (Å²) in [6, 6.07) is 19.7. The number of aryl methyl sites for hydroxylation is 2. The van der Waals surface area contributed by atoms with Crippen molar-refractivity contribution < 1.29 is 9.90 Å². The Morgan fingerprint density at radius 3 is 2.52 bits per heavy atom. The average Bonchev–Trinajstić information content (AvgIpc) is 3.32. The van der Waals surface area contributed by atoms with Gasteiger partial charge in [0, 0.05) is 30.1 Å². The molecule has 4 aromatic rings. The zero-order valence-corrected chi connectivity index (χ0v) is 18.4. The second-order valence-corrected chi connectivity index (χ2v) is 7.91. The first-order chi connectivity index (χ1) is 16.2. The number of rotatable bonds is 10. The fourth-order valence-corrected chi connectivity index (χ4v) is 3.92. The number of hydrogen-bond acceptors (Lipinski definition) is 4. The predicted molar refractivity (Wildman–Crippen MR) is 129 cm³/mol. The minimum absolute atomic E-state index is 0.682. The van der Waals surface area contributed by atoms with Gasteiger partial charge in [-0.25, -0.2) is 4.79 Å². The maximum absolute atomic E-state index is 11.4. The van der Waals surface area contributed by atoms with Crippen molar-refractivity contribution in [2.45, 2.75) is 38.6 Å². The summed E-state index contributed by atoms with van der Waals surface area (Å²) in [4.78, 5) is 15.5. The van der Waals surface area contributed by atoms with E-state index in [1.165, 1.54) is 0 Å². The Labute approximate surface area is 193 Å². The van der Waals surface area contributed by atoms with E-state index in [4.69, 9.17) is 0 Å². The summed E-state index contributed by atoms with van der Waals surface area (Å²) in [5, 5.41) is 20.4. The fraction of sp³-hybridized carbons (Fsp3) is 0.231. The van der Waals surface area contributed by atoms with E-state index in [1.54, 1.807) is 12.4 Å². The van der Waals surface area contributed by atoms with Crippen LogP contribution in [0.3, 0.4) is 0 Å². The average molecular weight is 442 g/mol. The Kier molecular flexibility index (Phi) is 7.43. The Morgan fingerprint density at radius 1 is 0.909 bits per heavy atom. The third kappa shape index (κ3) is 6.04. The van der Waals surface area contributed by atoms with Crippen molar-refractivity contribution in [2.75, 3.05) is 5.32 Å². The molecule has 4 rings (SSSR count). The van der Waals surface area contributed by atoms with Gasteiger partial charge in [0.25, 0.3) is 0 Å². The molecule has 2 aromatic carbocycles. The molecule has 7 nitrogen and oxygen atoms in total. The molecule has 168 valence electrons. The molecule has 33 heavy (non-hydrogen) atoms. The highest BCUT2D eigenvalue weighted by molar-refractivity contribution is 5.92. The summed E-state index contributed by atoms with van der Waals surface area (Å²) >= 11 is 0. The Hall–Kier alpha value is -4.00. The normalized spacial score (nSPS) is 10.8. The Morgan fingerprint density at radius 2 is 1.73 bits per heavy atom. The number of aromatic nitrogens is 4. The molecule has 0 radical (unpaired) electrons. The number of benzene rings is 2. The molecule has 2 N–H and O–H groups in total. The number of para-hydroxylation sites is 1. The van der Waals surface area contributed by atoms with Crippen LogP contribution in [0, 0.1) is 0 Å². The largest absolute Gasteiger partial charge is 0.465 e. The molecule has 0 spiro atoms. The number of nitrogens with zero attached hydrogens (tertiary/aromatic N) is 4. The van der Waals surface area contributed by atoms with Crippen molar-refractivity contribution >= 4 is 11.8 Å². The fourth-order valence-electron chi connectivity index (χ4n) is 3.92. The molecule has 0 saturated carbocycles. The maximum Gasteiger partial charge on any atom is 0.409 e. The minimum Gasteiger partial charge on any atom is -0.465 e. The van der Waals surface area contributed by atoms with E-state index in [-0.39, 0.29) is 0 Å². The lowest BCUT2D eigenvalue weighted by atomic mass is 9.97. The number of anilines is 1. The van der Waals surface area contributed by atoms with Crippen LogP contribution < -0.4 is 5.32 Å². The SMILES string of the molecule is O=C(O)Nc1c(CCCCCCn2cc(-c3cccnc3)nn2)cccc1-c1ccccc1. The van der Waals surface area contributed by atoms with E-state index in [9.17, 15) is 9.90 Å². The molecule has 1 amide bonds. The van der Waals surface area contributed by atoms with Crippen LogP contribution in [0.2, 0.25) is 0 Å². The van der Waals surface area contributed by atoms with E-state index in [1.807, 2.05) is 71.5 Å². The minimum atomic E-state index is -1.04. The highest BCUT2D eigenvalue weighted by atomic mass is 16.4. The number of amides is 1. The van der Waals surface area contributed by atoms with Gasteiger partial charge < -0.3 is 5.11 Å². The Bertz CT molecular complexity index is 1180. The highest BCUT2D eigenvalue weighted by Gasteiger charge is 2.12. The molecule has 0 aliphatic carbocycles. The third-order valence-electron chi connectivity index (χ3n) is 5.55. The van der Waals surface area contributed by atoms with Gasteiger partial charge in [-0.3, -0.25) is 15.0 Å². The number of unbranched alkanes of at least 4 members (excludes halogenated alkanes) is 3. The summed E-state index contributed by atoms with van der Waals surface area (Å²) in [7, 11) is 0. The molecular formula is C26H27N5O2. The van der Waals surface area contributed by atoms with Gasteiger partial charge in [-0.05, 0) is 42.5 Å². The second kappa shape index (κ2) is 11.0. The maximum atomic E-state index is 11.4. The van der Waals surface area contributed by atoms with E-state index in [0.29, 0.717) is 5.69 Å². The molecule has 0 saturated heterocycles. The molecule has 0 atom stereocenters. The van der Waals surface area contributed by atoms with Gasteiger partial charge in [-0.1, -0.05) is 66.6 Å². The lowest BCUT2D eigenvalue weighted by Crippen LogP contribution is -2.10. The van der Waals surface area contributed by atoms with E-state index in [0.717, 1.165) is 66.6 Å². The molecular weight excluding hydrogens is 414 g/mol. The first-order valence-corrected chi connectivity index (χ1v) is 11.2. The number of pyridine rings is 1.